The Bertz CT molecular complexity index is 987. The maximum Gasteiger partial charge on any atom is 0.143 e. The predicted octanol–water partition coefficient (Wildman–Crippen LogP) is 4.63. The molecular formula is C18H17N5S. The maximum atomic E-state index is 4.64. The Labute approximate surface area is 144 Å². The van der Waals surface area contributed by atoms with Crippen LogP contribution >= 0.6 is 11.3 Å². The molecule has 0 saturated heterocycles. The van der Waals surface area contributed by atoms with Gasteiger partial charge in [-0.15, -0.1) is 11.3 Å². The van der Waals surface area contributed by atoms with Gasteiger partial charge in [0.25, 0.3) is 0 Å². The number of thiophene rings is 1. The van der Waals surface area contributed by atoms with E-state index in [1.54, 1.807) is 11.3 Å². The number of rotatable bonds is 4. The number of aryl methyl sites for hydroxylation is 2. The van der Waals surface area contributed by atoms with Crippen molar-refractivity contribution in [3.05, 3.63) is 53.9 Å². The molecule has 3 aromatic heterocycles. The second kappa shape index (κ2) is 6.05. The predicted molar refractivity (Wildman–Crippen MR) is 98.8 cm³/mol. The fourth-order valence-electron chi connectivity index (χ4n) is 2.71. The second-order valence-corrected chi connectivity index (χ2v) is 6.38. The van der Waals surface area contributed by atoms with Gasteiger partial charge in [-0.3, -0.25) is 4.68 Å². The molecule has 0 aliphatic heterocycles. The van der Waals surface area contributed by atoms with E-state index in [1.807, 2.05) is 42.2 Å². The van der Waals surface area contributed by atoms with E-state index >= 15 is 0 Å². The number of hydrogen-bond donors (Lipinski definition) is 1. The van der Waals surface area contributed by atoms with E-state index in [4.69, 9.17) is 0 Å². The zero-order valence-corrected chi connectivity index (χ0v) is 14.3. The molecule has 4 rings (SSSR count). The number of nitrogens with one attached hydrogen (secondary N) is 1. The summed E-state index contributed by atoms with van der Waals surface area (Å²) in [5.74, 6) is 1.59. The van der Waals surface area contributed by atoms with E-state index in [-0.39, 0.29) is 0 Å². The first-order chi connectivity index (χ1) is 11.7. The molecular weight excluding hydrogens is 318 g/mol. The van der Waals surface area contributed by atoms with Crippen LogP contribution < -0.4 is 5.32 Å². The van der Waals surface area contributed by atoms with Gasteiger partial charge in [0, 0.05) is 23.7 Å². The monoisotopic (exact) mass is 335 g/mol. The molecule has 120 valence electrons. The highest BCUT2D eigenvalue weighted by molar-refractivity contribution is 7.17. The molecule has 0 fully saturated rings. The Balaban J connectivity index is 1.85. The van der Waals surface area contributed by atoms with Crippen LogP contribution in [-0.2, 0) is 6.54 Å². The van der Waals surface area contributed by atoms with Gasteiger partial charge in [0.2, 0.25) is 0 Å². The molecule has 0 aliphatic rings. The quantitative estimate of drug-likeness (QED) is 0.591. The SMILES string of the molecule is CCn1cc(Nc2nc(C)nc3scc(-c4ccccc4)c23)cn1. The smallest absolute Gasteiger partial charge is 0.143 e. The van der Waals surface area contributed by atoms with Crippen molar-refractivity contribution in [2.75, 3.05) is 5.32 Å². The Morgan fingerprint density at radius 1 is 1.17 bits per heavy atom. The zero-order valence-electron chi connectivity index (χ0n) is 13.5. The highest BCUT2D eigenvalue weighted by atomic mass is 32.1. The lowest BCUT2D eigenvalue weighted by Crippen LogP contribution is -1.98. The number of nitrogens with zero attached hydrogens (tertiary/aromatic N) is 4. The Morgan fingerprint density at radius 2 is 2.00 bits per heavy atom. The van der Waals surface area contributed by atoms with Crippen LogP contribution in [-0.4, -0.2) is 19.7 Å². The van der Waals surface area contributed by atoms with E-state index in [0.717, 1.165) is 39.7 Å². The van der Waals surface area contributed by atoms with Crippen molar-refractivity contribution in [1.82, 2.24) is 19.7 Å². The number of anilines is 2. The maximum absolute atomic E-state index is 4.64. The van der Waals surface area contributed by atoms with E-state index in [1.165, 1.54) is 5.56 Å². The first-order valence-electron chi connectivity index (χ1n) is 7.85. The Hall–Kier alpha value is -2.73. The van der Waals surface area contributed by atoms with Crippen LogP contribution in [0.15, 0.2) is 48.1 Å². The first kappa shape index (κ1) is 14.8. The van der Waals surface area contributed by atoms with Gasteiger partial charge in [-0.05, 0) is 19.4 Å². The molecule has 0 bridgehead atoms. The standard InChI is InChI=1S/C18H17N5S/c1-3-23-10-14(9-19-23)22-17-16-15(13-7-5-4-6-8-13)11-24-18(16)21-12(2)20-17/h4-11H,3H2,1-2H3,(H,20,21,22). The van der Waals surface area contributed by atoms with Crippen molar-refractivity contribution in [2.45, 2.75) is 20.4 Å². The largest absolute Gasteiger partial charge is 0.337 e. The fourth-order valence-corrected chi connectivity index (χ4v) is 3.70. The van der Waals surface area contributed by atoms with Crippen molar-refractivity contribution in [3.8, 4) is 11.1 Å². The molecule has 0 atom stereocenters. The number of benzene rings is 1. The van der Waals surface area contributed by atoms with Crippen LogP contribution in [0.1, 0.15) is 12.7 Å². The van der Waals surface area contributed by atoms with Gasteiger partial charge in [-0.25, -0.2) is 9.97 Å². The molecule has 0 aliphatic carbocycles. The highest BCUT2D eigenvalue weighted by Gasteiger charge is 2.15. The van der Waals surface area contributed by atoms with Crippen LogP contribution in [0.3, 0.4) is 0 Å². The minimum atomic E-state index is 0.759. The average molecular weight is 335 g/mol. The average Bonchev–Trinajstić information content (AvgIpc) is 3.22. The fraction of sp³-hybridized carbons (Fsp3) is 0.167. The van der Waals surface area contributed by atoms with Crippen LogP contribution in [0.2, 0.25) is 0 Å². The van der Waals surface area contributed by atoms with Gasteiger partial charge in [0.1, 0.15) is 16.5 Å². The molecule has 3 heterocycles. The molecule has 0 amide bonds. The molecule has 1 N–H and O–H groups in total. The third-order valence-corrected chi connectivity index (χ3v) is 4.72. The molecule has 5 nitrogen and oxygen atoms in total. The topological polar surface area (TPSA) is 55.6 Å². The normalized spacial score (nSPS) is 11.1. The lowest BCUT2D eigenvalue weighted by Gasteiger charge is -2.08. The number of hydrogen-bond acceptors (Lipinski definition) is 5. The minimum absolute atomic E-state index is 0.759. The van der Waals surface area contributed by atoms with Crippen LogP contribution in [0, 0.1) is 6.92 Å². The summed E-state index contributed by atoms with van der Waals surface area (Å²) >= 11 is 1.65. The molecule has 0 radical (unpaired) electrons. The van der Waals surface area contributed by atoms with Gasteiger partial charge >= 0.3 is 0 Å². The van der Waals surface area contributed by atoms with E-state index in [0.29, 0.717) is 0 Å². The summed E-state index contributed by atoms with van der Waals surface area (Å²) in [7, 11) is 0. The first-order valence-corrected chi connectivity index (χ1v) is 8.73. The molecule has 6 heteroatoms. The van der Waals surface area contributed by atoms with Crippen LogP contribution in [0.25, 0.3) is 21.3 Å². The van der Waals surface area contributed by atoms with Crippen LogP contribution in [0.5, 0.6) is 0 Å². The van der Waals surface area contributed by atoms with E-state index in [2.05, 4.69) is 44.8 Å². The number of aromatic nitrogens is 4. The molecule has 1 aromatic carbocycles. The molecule has 0 unspecified atom stereocenters. The molecule has 24 heavy (non-hydrogen) atoms. The van der Waals surface area contributed by atoms with Gasteiger partial charge in [0.15, 0.2) is 0 Å². The third-order valence-electron chi connectivity index (χ3n) is 3.85. The van der Waals surface area contributed by atoms with Gasteiger partial charge in [-0.1, -0.05) is 30.3 Å². The summed E-state index contributed by atoms with van der Waals surface area (Å²) in [5.41, 5.74) is 3.26. The highest BCUT2D eigenvalue weighted by Crippen LogP contribution is 2.37. The Morgan fingerprint density at radius 3 is 2.75 bits per heavy atom. The van der Waals surface area contributed by atoms with E-state index in [9.17, 15) is 0 Å². The molecule has 0 spiro atoms. The van der Waals surface area contributed by atoms with Crippen molar-refractivity contribution < 1.29 is 0 Å². The van der Waals surface area contributed by atoms with Crippen molar-refractivity contribution >= 4 is 33.1 Å². The summed E-state index contributed by atoms with van der Waals surface area (Å²) in [6, 6.07) is 10.3. The van der Waals surface area contributed by atoms with Crippen LogP contribution in [0.4, 0.5) is 11.5 Å². The van der Waals surface area contributed by atoms with Crippen molar-refractivity contribution in [2.24, 2.45) is 0 Å². The summed E-state index contributed by atoms with van der Waals surface area (Å²) in [6.07, 6.45) is 3.80. The summed E-state index contributed by atoms with van der Waals surface area (Å²) in [5, 5.41) is 10.9. The lowest BCUT2D eigenvalue weighted by molar-refractivity contribution is 0.660. The third kappa shape index (κ3) is 2.65. The van der Waals surface area contributed by atoms with Gasteiger partial charge in [-0.2, -0.15) is 5.10 Å². The number of fused-ring (bicyclic) bond motifs is 1. The van der Waals surface area contributed by atoms with Gasteiger partial charge in [0.05, 0.1) is 17.3 Å². The van der Waals surface area contributed by atoms with Crippen molar-refractivity contribution in [1.29, 1.82) is 0 Å². The van der Waals surface area contributed by atoms with Crippen molar-refractivity contribution in [3.63, 3.8) is 0 Å². The summed E-state index contributed by atoms with van der Waals surface area (Å²) in [6.45, 7) is 4.83. The summed E-state index contributed by atoms with van der Waals surface area (Å²) < 4.78 is 1.89. The molecule has 4 aromatic rings. The zero-order chi connectivity index (χ0) is 16.5. The lowest BCUT2D eigenvalue weighted by atomic mass is 10.1. The summed E-state index contributed by atoms with van der Waals surface area (Å²) in [4.78, 5) is 10.2. The molecule has 0 saturated carbocycles. The van der Waals surface area contributed by atoms with Gasteiger partial charge < -0.3 is 5.32 Å². The van der Waals surface area contributed by atoms with E-state index < -0.39 is 0 Å². The Kier molecular flexibility index (Phi) is 3.74. The second-order valence-electron chi connectivity index (χ2n) is 5.52. The minimum Gasteiger partial charge on any atom is -0.337 e.